The van der Waals surface area contributed by atoms with E-state index in [1.807, 2.05) is 12.3 Å². The van der Waals surface area contributed by atoms with E-state index in [4.69, 9.17) is 4.74 Å². The second kappa shape index (κ2) is 6.04. The summed E-state index contributed by atoms with van der Waals surface area (Å²) < 4.78 is 5.94. The van der Waals surface area contributed by atoms with Crippen LogP contribution in [0.1, 0.15) is 51.5 Å². The number of aryl methyl sites for hydroxylation is 1. The number of rotatable bonds is 4. The van der Waals surface area contributed by atoms with Gasteiger partial charge in [0.2, 0.25) is 5.88 Å². The van der Waals surface area contributed by atoms with E-state index in [9.17, 15) is 0 Å². The summed E-state index contributed by atoms with van der Waals surface area (Å²) in [5, 5.41) is 0. The second-order valence-electron chi connectivity index (χ2n) is 5.03. The SMILES string of the molecule is CCc1ccc(OC2CCC(CC)CC2)nc1. The Kier molecular flexibility index (Phi) is 4.41. The minimum absolute atomic E-state index is 0.387. The standard InChI is InChI=1S/C15H23NO/c1-3-12-5-8-14(9-6-12)17-15-10-7-13(4-2)11-16-15/h7,10-12,14H,3-6,8-9H2,1-2H3. The molecule has 1 fully saturated rings. The lowest BCUT2D eigenvalue weighted by molar-refractivity contribution is 0.125. The average Bonchev–Trinajstić information content (AvgIpc) is 2.40. The number of hydrogen-bond acceptors (Lipinski definition) is 2. The summed E-state index contributed by atoms with van der Waals surface area (Å²) in [4.78, 5) is 4.36. The van der Waals surface area contributed by atoms with Gasteiger partial charge in [-0.25, -0.2) is 4.98 Å². The molecule has 17 heavy (non-hydrogen) atoms. The Morgan fingerprint density at radius 1 is 1.18 bits per heavy atom. The smallest absolute Gasteiger partial charge is 0.213 e. The summed E-state index contributed by atoms with van der Waals surface area (Å²) in [6.45, 7) is 4.43. The Hall–Kier alpha value is -1.05. The first-order valence-corrected chi connectivity index (χ1v) is 6.93. The lowest BCUT2D eigenvalue weighted by atomic mass is 9.86. The highest BCUT2D eigenvalue weighted by Crippen LogP contribution is 2.28. The minimum atomic E-state index is 0.387. The van der Waals surface area contributed by atoms with Crippen LogP contribution in [0.5, 0.6) is 5.88 Å². The molecular weight excluding hydrogens is 210 g/mol. The maximum Gasteiger partial charge on any atom is 0.213 e. The van der Waals surface area contributed by atoms with Crippen molar-refractivity contribution in [3.05, 3.63) is 23.9 Å². The summed E-state index contributed by atoms with van der Waals surface area (Å²) in [5.74, 6) is 1.72. The quantitative estimate of drug-likeness (QED) is 0.784. The van der Waals surface area contributed by atoms with E-state index in [2.05, 4.69) is 24.9 Å². The zero-order valence-electron chi connectivity index (χ0n) is 11.0. The van der Waals surface area contributed by atoms with Gasteiger partial charge in [-0.2, -0.15) is 0 Å². The molecule has 1 aromatic heterocycles. The summed E-state index contributed by atoms with van der Waals surface area (Å²) >= 11 is 0. The Morgan fingerprint density at radius 3 is 2.47 bits per heavy atom. The van der Waals surface area contributed by atoms with Crippen molar-refractivity contribution in [1.29, 1.82) is 0 Å². The fraction of sp³-hybridized carbons (Fsp3) is 0.667. The van der Waals surface area contributed by atoms with Gasteiger partial charge in [0.25, 0.3) is 0 Å². The molecule has 94 valence electrons. The van der Waals surface area contributed by atoms with Gasteiger partial charge < -0.3 is 4.74 Å². The summed E-state index contributed by atoms with van der Waals surface area (Å²) in [6, 6.07) is 4.12. The molecule has 0 spiro atoms. The van der Waals surface area contributed by atoms with Gasteiger partial charge in [-0.1, -0.05) is 26.3 Å². The molecule has 0 aliphatic heterocycles. The van der Waals surface area contributed by atoms with Crippen molar-refractivity contribution >= 4 is 0 Å². The van der Waals surface area contributed by atoms with E-state index in [0.717, 1.165) is 18.2 Å². The summed E-state index contributed by atoms with van der Waals surface area (Å²) in [5.41, 5.74) is 1.27. The van der Waals surface area contributed by atoms with Crippen LogP contribution in [0.3, 0.4) is 0 Å². The fourth-order valence-corrected chi connectivity index (χ4v) is 2.52. The molecule has 0 atom stereocenters. The van der Waals surface area contributed by atoms with E-state index in [1.54, 1.807) is 0 Å². The molecule has 0 amide bonds. The molecule has 0 unspecified atom stereocenters. The van der Waals surface area contributed by atoms with Crippen LogP contribution in [0.15, 0.2) is 18.3 Å². The molecule has 1 heterocycles. The molecule has 2 nitrogen and oxygen atoms in total. The van der Waals surface area contributed by atoms with Crippen molar-refractivity contribution in [2.45, 2.75) is 58.5 Å². The first-order valence-electron chi connectivity index (χ1n) is 6.93. The molecule has 1 aliphatic carbocycles. The van der Waals surface area contributed by atoms with Crippen molar-refractivity contribution in [3.8, 4) is 5.88 Å². The number of aromatic nitrogens is 1. The van der Waals surface area contributed by atoms with E-state index >= 15 is 0 Å². The Bertz CT molecular complexity index is 325. The third-order valence-corrected chi connectivity index (χ3v) is 3.86. The number of hydrogen-bond donors (Lipinski definition) is 0. The Balaban J connectivity index is 1.84. The summed E-state index contributed by atoms with van der Waals surface area (Å²) in [7, 11) is 0. The van der Waals surface area contributed by atoms with Crippen LogP contribution in [0.2, 0.25) is 0 Å². The molecule has 2 heteroatoms. The van der Waals surface area contributed by atoms with Crippen LogP contribution in [0.4, 0.5) is 0 Å². The van der Waals surface area contributed by atoms with Crippen LogP contribution in [0, 0.1) is 5.92 Å². The first-order chi connectivity index (χ1) is 8.31. The van der Waals surface area contributed by atoms with Crippen molar-refractivity contribution in [2.75, 3.05) is 0 Å². The van der Waals surface area contributed by atoms with Crippen molar-refractivity contribution < 1.29 is 4.74 Å². The zero-order chi connectivity index (χ0) is 12.1. The maximum absolute atomic E-state index is 5.94. The van der Waals surface area contributed by atoms with Crippen LogP contribution in [-0.2, 0) is 6.42 Å². The van der Waals surface area contributed by atoms with E-state index in [1.165, 1.54) is 37.7 Å². The largest absolute Gasteiger partial charge is 0.474 e. The average molecular weight is 233 g/mol. The van der Waals surface area contributed by atoms with Gasteiger partial charge in [0.05, 0.1) is 0 Å². The lowest BCUT2D eigenvalue weighted by Crippen LogP contribution is -2.24. The fourth-order valence-electron chi connectivity index (χ4n) is 2.52. The second-order valence-corrected chi connectivity index (χ2v) is 5.03. The van der Waals surface area contributed by atoms with Crippen molar-refractivity contribution in [2.24, 2.45) is 5.92 Å². The predicted molar refractivity (Wildman–Crippen MR) is 70.3 cm³/mol. The van der Waals surface area contributed by atoms with Gasteiger partial charge in [-0.05, 0) is 43.6 Å². The topological polar surface area (TPSA) is 22.1 Å². The van der Waals surface area contributed by atoms with Crippen molar-refractivity contribution in [3.63, 3.8) is 0 Å². The Labute approximate surface area is 104 Å². The van der Waals surface area contributed by atoms with E-state index in [0.29, 0.717) is 6.10 Å². The molecule has 2 rings (SSSR count). The molecule has 0 aromatic carbocycles. The van der Waals surface area contributed by atoms with Gasteiger partial charge in [0.1, 0.15) is 6.10 Å². The molecule has 0 saturated heterocycles. The van der Waals surface area contributed by atoms with Gasteiger partial charge in [-0.3, -0.25) is 0 Å². The van der Waals surface area contributed by atoms with Crippen molar-refractivity contribution in [1.82, 2.24) is 4.98 Å². The zero-order valence-corrected chi connectivity index (χ0v) is 11.0. The molecule has 0 radical (unpaired) electrons. The third-order valence-electron chi connectivity index (χ3n) is 3.86. The maximum atomic E-state index is 5.94. The number of nitrogens with zero attached hydrogens (tertiary/aromatic N) is 1. The van der Waals surface area contributed by atoms with Gasteiger partial charge in [0, 0.05) is 12.3 Å². The molecule has 1 aliphatic rings. The highest BCUT2D eigenvalue weighted by molar-refractivity contribution is 5.17. The van der Waals surface area contributed by atoms with E-state index in [-0.39, 0.29) is 0 Å². The highest BCUT2D eigenvalue weighted by Gasteiger charge is 2.21. The molecule has 1 saturated carbocycles. The first kappa shape index (κ1) is 12.4. The highest BCUT2D eigenvalue weighted by atomic mass is 16.5. The van der Waals surface area contributed by atoms with E-state index < -0.39 is 0 Å². The van der Waals surface area contributed by atoms with Crippen LogP contribution < -0.4 is 4.74 Å². The molecule has 0 bridgehead atoms. The van der Waals surface area contributed by atoms with Crippen LogP contribution >= 0.6 is 0 Å². The molecule has 1 aromatic rings. The summed E-state index contributed by atoms with van der Waals surface area (Å²) in [6.07, 6.45) is 9.67. The predicted octanol–water partition coefficient (Wildman–Crippen LogP) is 3.99. The number of pyridine rings is 1. The molecular formula is C15H23NO. The molecule has 0 N–H and O–H groups in total. The Morgan fingerprint density at radius 2 is 1.94 bits per heavy atom. The monoisotopic (exact) mass is 233 g/mol. The normalized spacial score (nSPS) is 24.6. The number of ether oxygens (including phenoxy) is 1. The third kappa shape index (κ3) is 3.45. The van der Waals surface area contributed by atoms with Gasteiger partial charge in [-0.15, -0.1) is 0 Å². The van der Waals surface area contributed by atoms with Crippen LogP contribution in [-0.4, -0.2) is 11.1 Å². The van der Waals surface area contributed by atoms with Gasteiger partial charge >= 0.3 is 0 Å². The lowest BCUT2D eigenvalue weighted by Gasteiger charge is -2.27. The van der Waals surface area contributed by atoms with Gasteiger partial charge in [0.15, 0.2) is 0 Å². The van der Waals surface area contributed by atoms with Crippen LogP contribution in [0.25, 0.3) is 0 Å². The minimum Gasteiger partial charge on any atom is -0.474 e.